The molecule has 3 aromatic rings. The van der Waals surface area contributed by atoms with Crippen LogP contribution < -0.4 is 9.47 Å². The fourth-order valence-electron chi connectivity index (χ4n) is 2.94. The second-order valence-electron chi connectivity index (χ2n) is 6.37. The third-order valence-electron chi connectivity index (χ3n) is 4.30. The summed E-state index contributed by atoms with van der Waals surface area (Å²) in [6.45, 7) is 9.54. The predicted molar refractivity (Wildman–Crippen MR) is 106 cm³/mol. The highest BCUT2D eigenvalue weighted by atomic mass is 35.5. The predicted octanol–water partition coefficient (Wildman–Crippen LogP) is 4.17. The molecule has 0 fully saturated rings. The van der Waals surface area contributed by atoms with Crippen LogP contribution in [-0.4, -0.2) is 33.2 Å². The van der Waals surface area contributed by atoms with Gasteiger partial charge < -0.3 is 13.9 Å². The van der Waals surface area contributed by atoms with Crippen LogP contribution in [0.15, 0.2) is 22.6 Å². The van der Waals surface area contributed by atoms with Gasteiger partial charge in [-0.3, -0.25) is 4.68 Å². The number of nitrogens with zero attached hydrogens (tertiary/aromatic N) is 4. The van der Waals surface area contributed by atoms with Crippen molar-refractivity contribution in [3.63, 3.8) is 0 Å². The van der Waals surface area contributed by atoms with Crippen molar-refractivity contribution in [2.24, 2.45) is 0 Å². The van der Waals surface area contributed by atoms with E-state index >= 15 is 0 Å². The number of aryl methyl sites for hydroxylation is 3. The smallest absolute Gasteiger partial charge is 0.220 e. The maximum Gasteiger partial charge on any atom is 0.220 e. The molecule has 0 atom stereocenters. The molecular weight excluding hydrogens is 380 g/mol. The quantitative estimate of drug-likeness (QED) is 0.532. The highest BCUT2D eigenvalue weighted by Crippen LogP contribution is 2.29. The van der Waals surface area contributed by atoms with Gasteiger partial charge in [0.1, 0.15) is 0 Å². The third-order valence-corrected chi connectivity index (χ3v) is 4.85. The van der Waals surface area contributed by atoms with Crippen LogP contribution in [0, 0.1) is 13.8 Å². The molecule has 0 aliphatic carbocycles. The summed E-state index contributed by atoms with van der Waals surface area (Å²) < 4.78 is 18.9. The van der Waals surface area contributed by atoms with E-state index in [9.17, 15) is 0 Å². The molecule has 0 bridgehead atoms. The topological polar surface area (TPSA) is 75.2 Å². The fraction of sp³-hybridized carbons (Fsp3) is 0.450. The first-order valence-corrected chi connectivity index (χ1v) is 9.78. The van der Waals surface area contributed by atoms with Gasteiger partial charge in [-0.15, -0.1) is 10.2 Å². The van der Waals surface area contributed by atoms with Crippen molar-refractivity contribution in [2.75, 3.05) is 13.2 Å². The number of benzene rings is 1. The number of hydrogen-bond donors (Lipinski definition) is 0. The molecule has 0 saturated carbocycles. The summed E-state index contributed by atoms with van der Waals surface area (Å²) >= 11 is 6.19. The lowest BCUT2D eigenvalue weighted by Gasteiger charge is -2.11. The van der Waals surface area contributed by atoms with Crippen molar-refractivity contribution >= 4 is 11.6 Å². The Kier molecular flexibility index (Phi) is 6.57. The lowest BCUT2D eigenvalue weighted by atomic mass is 10.1. The molecule has 0 radical (unpaired) electrons. The monoisotopic (exact) mass is 404 g/mol. The molecule has 0 saturated heterocycles. The Morgan fingerprint density at radius 3 is 2.43 bits per heavy atom. The minimum Gasteiger partial charge on any atom is -0.490 e. The van der Waals surface area contributed by atoms with Crippen molar-refractivity contribution in [3.8, 4) is 11.5 Å². The zero-order chi connectivity index (χ0) is 20.1. The van der Waals surface area contributed by atoms with E-state index in [4.69, 9.17) is 25.5 Å². The van der Waals surface area contributed by atoms with Crippen molar-refractivity contribution in [1.82, 2.24) is 20.0 Å². The first kappa shape index (κ1) is 20.2. The normalized spacial score (nSPS) is 11.0. The van der Waals surface area contributed by atoms with Gasteiger partial charge in [0.05, 0.1) is 36.0 Å². The first-order valence-electron chi connectivity index (χ1n) is 9.41. The van der Waals surface area contributed by atoms with Crippen molar-refractivity contribution in [1.29, 1.82) is 0 Å². The van der Waals surface area contributed by atoms with Crippen LogP contribution in [-0.2, 0) is 19.4 Å². The molecule has 8 heteroatoms. The molecule has 150 valence electrons. The van der Waals surface area contributed by atoms with E-state index in [0.29, 0.717) is 49.4 Å². The molecule has 0 unspecified atom stereocenters. The molecule has 28 heavy (non-hydrogen) atoms. The Bertz CT molecular complexity index is 936. The lowest BCUT2D eigenvalue weighted by Crippen LogP contribution is -2.05. The highest BCUT2D eigenvalue weighted by molar-refractivity contribution is 6.31. The molecular formula is C20H25ClN4O3. The number of hydrogen-bond acceptors (Lipinski definition) is 6. The van der Waals surface area contributed by atoms with E-state index in [0.717, 1.165) is 28.5 Å². The van der Waals surface area contributed by atoms with Gasteiger partial charge in [0.25, 0.3) is 0 Å². The summed E-state index contributed by atoms with van der Waals surface area (Å²) in [5.41, 5.74) is 2.79. The Labute approximate surface area is 169 Å². The van der Waals surface area contributed by atoms with E-state index in [-0.39, 0.29) is 0 Å². The largest absolute Gasteiger partial charge is 0.490 e. The van der Waals surface area contributed by atoms with Crippen molar-refractivity contribution < 1.29 is 13.9 Å². The third kappa shape index (κ3) is 4.65. The minimum atomic E-state index is 0.533. The van der Waals surface area contributed by atoms with Crippen LogP contribution in [0.4, 0.5) is 0 Å². The van der Waals surface area contributed by atoms with Gasteiger partial charge >= 0.3 is 0 Å². The van der Waals surface area contributed by atoms with E-state index in [1.165, 1.54) is 0 Å². The van der Waals surface area contributed by atoms with Gasteiger partial charge in [0, 0.05) is 13.0 Å². The maximum absolute atomic E-state index is 6.19. The summed E-state index contributed by atoms with van der Waals surface area (Å²) in [6.07, 6.45) is 1.13. The summed E-state index contributed by atoms with van der Waals surface area (Å²) in [6, 6.07) is 5.85. The molecule has 0 aliphatic rings. The average molecular weight is 405 g/mol. The SMILES string of the molecule is CCOc1ccc(Cc2nnc(CCn3nc(C)c(Cl)c3C)o2)cc1OCC. The highest BCUT2D eigenvalue weighted by Gasteiger charge is 2.13. The fourth-order valence-corrected chi connectivity index (χ4v) is 3.07. The molecule has 2 aromatic heterocycles. The van der Waals surface area contributed by atoms with Gasteiger partial charge in [-0.05, 0) is 45.4 Å². The summed E-state index contributed by atoms with van der Waals surface area (Å²) in [4.78, 5) is 0. The molecule has 1 aromatic carbocycles. The molecule has 0 aliphatic heterocycles. The zero-order valence-corrected chi connectivity index (χ0v) is 17.4. The van der Waals surface area contributed by atoms with Crippen LogP contribution in [0.5, 0.6) is 11.5 Å². The van der Waals surface area contributed by atoms with Gasteiger partial charge in [-0.1, -0.05) is 17.7 Å². The summed E-state index contributed by atoms with van der Waals surface area (Å²) in [7, 11) is 0. The summed E-state index contributed by atoms with van der Waals surface area (Å²) in [5.74, 6) is 2.61. The average Bonchev–Trinajstić information content (AvgIpc) is 3.22. The molecule has 0 amide bonds. The van der Waals surface area contributed by atoms with Gasteiger partial charge in [0.15, 0.2) is 11.5 Å². The van der Waals surface area contributed by atoms with Crippen LogP contribution in [0.25, 0.3) is 0 Å². The molecule has 3 rings (SSSR count). The van der Waals surface area contributed by atoms with Crippen LogP contribution in [0.3, 0.4) is 0 Å². The Balaban J connectivity index is 1.65. The van der Waals surface area contributed by atoms with Crippen molar-refractivity contribution in [2.45, 2.75) is 47.1 Å². The summed E-state index contributed by atoms with van der Waals surface area (Å²) in [5, 5.41) is 13.4. The van der Waals surface area contributed by atoms with E-state index in [1.807, 2.05) is 50.6 Å². The van der Waals surface area contributed by atoms with E-state index in [2.05, 4.69) is 15.3 Å². The molecule has 0 spiro atoms. The minimum absolute atomic E-state index is 0.533. The van der Waals surface area contributed by atoms with Gasteiger partial charge in [-0.25, -0.2) is 0 Å². The van der Waals surface area contributed by atoms with Crippen LogP contribution in [0.2, 0.25) is 5.02 Å². The van der Waals surface area contributed by atoms with Gasteiger partial charge in [-0.2, -0.15) is 5.10 Å². The van der Waals surface area contributed by atoms with Crippen molar-refractivity contribution in [3.05, 3.63) is 52.0 Å². The lowest BCUT2D eigenvalue weighted by molar-refractivity contribution is 0.287. The number of ether oxygens (including phenoxy) is 2. The second-order valence-corrected chi connectivity index (χ2v) is 6.75. The molecule has 7 nitrogen and oxygen atoms in total. The Morgan fingerprint density at radius 1 is 1.04 bits per heavy atom. The van der Waals surface area contributed by atoms with Crippen LogP contribution >= 0.6 is 11.6 Å². The van der Waals surface area contributed by atoms with Gasteiger partial charge in [0.2, 0.25) is 11.8 Å². The first-order chi connectivity index (χ1) is 13.5. The van der Waals surface area contributed by atoms with Crippen LogP contribution in [0.1, 0.15) is 42.6 Å². The standard InChI is InChI=1S/C20H25ClN4O3/c1-5-26-16-8-7-15(11-17(16)27-6-2)12-19-23-22-18(28-19)9-10-25-14(4)20(21)13(3)24-25/h7-8,11H,5-6,9-10,12H2,1-4H3. The molecule has 0 N–H and O–H groups in total. The van der Waals surface area contributed by atoms with E-state index in [1.54, 1.807) is 0 Å². The number of aromatic nitrogens is 4. The molecule has 2 heterocycles. The maximum atomic E-state index is 6.19. The number of rotatable bonds is 9. The number of halogens is 1. The van der Waals surface area contributed by atoms with E-state index < -0.39 is 0 Å². The Hall–Kier alpha value is -2.54. The Morgan fingerprint density at radius 2 is 1.75 bits per heavy atom. The second kappa shape index (κ2) is 9.10. The zero-order valence-electron chi connectivity index (χ0n) is 16.7.